The maximum Gasteiger partial charge on any atom is 0.0803 e. The van der Waals surface area contributed by atoms with Crippen LogP contribution in [0.3, 0.4) is 0 Å². The molecule has 2 heteroatoms. The van der Waals surface area contributed by atoms with Crippen LogP contribution in [0.5, 0.6) is 0 Å². The van der Waals surface area contributed by atoms with Gasteiger partial charge in [0.25, 0.3) is 0 Å². The third kappa shape index (κ3) is 8.06. The minimum atomic E-state index is -0.852. The van der Waals surface area contributed by atoms with Crippen molar-refractivity contribution in [3.63, 3.8) is 0 Å². The monoisotopic (exact) mass is 284 g/mol. The molecule has 20 heavy (non-hydrogen) atoms. The van der Waals surface area contributed by atoms with Gasteiger partial charge in [-0.05, 0) is 50.4 Å². The zero-order chi connectivity index (χ0) is 16.1. The number of rotatable bonds is 8. The van der Waals surface area contributed by atoms with Crippen LogP contribution in [0, 0.1) is 23.7 Å². The van der Waals surface area contributed by atoms with Crippen LogP contribution in [0.2, 0.25) is 0 Å². The van der Waals surface area contributed by atoms with Crippen molar-refractivity contribution in [2.24, 2.45) is 23.7 Å². The first-order chi connectivity index (χ1) is 8.86. The molecule has 0 saturated heterocycles. The second-order valence-corrected chi connectivity index (χ2v) is 7.90. The normalized spacial score (nSPS) is 22.0. The summed E-state index contributed by atoms with van der Waals surface area (Å²) < 4.78 is 0. The van der Waals surface area contributed by atoms with Gasteiger partial charge in [-0.25, -0.2) is 0 Å². The third-order valence-electron chi connectivity index (χ3n) is 4.55. The molecule has 4 atom stereocenters. The Hall–Kier alpha value is -0.340. The quantitative estimate of drug-likeness (QED) is 0.648. The summed E-state index contributed by atoms with van der Waals surface area (Å²) in [6, 6.07) is 0. The molecule has 0 saturated carbocycles. The van der Waals surface area contributed by atoms with E-state index in [1.807, 2.05) is 13.8 Å². The summed E-state index contributed by atoms with van der Waals surface area (Å²) in [7, 11) is 0. The molecule has 120 valence electrons. The predicted octanol–water partition coefficient (Wildman–Crippen LogP) is 4.41. The highest BCUT2D eigenvalue weighted by molar-refractivity contribution is 5.07. The van der Waals surface area contributed by atoms with E-state index in [2.05, 4.69) is 41.5 Å². The van der Waals surface area contributed by atoms with Crippen LogP contribution < -0.4 is 0 Å². The average Bonchev–Trinajstić information content (AvgIpc) is 2.25. The molecule has 0 aromatic heterocycles. The molecule has 0 amide bonds. The second-order valence-electron chi connectivity index (χ2n) is 7.90. The van der Waals surface area contributed by atoms with Crippen molar-refractivity contribution in [1.29, 1.82) is 0 Å². The van der Waals surface area contributed by atoms with Crippen molar-refractivity contribution in [2.75, 3.05) is 0 Å². The summed E-state index contributed by atoms with van der Waals surface area (Å²) in [5.41, 5.74) is -1.70. The number of hydrogen-bond acceptors (Lipinski definition) is 2. The zero-order valence-electron chi connectivity index (χ0n) is 14.8. The lowest BCUT2D eigenvalue weighted by Gasteiger charge is -2.29. The van der Waals surface area contributed by atoms with Crippen LogP contribution in [0.25, 0.3) is 0 Å². The Bertz CT molecular complexity index is 271. The van der Waals surface area contributed by atoms with Gasteiger partial charge in [0.05, 0.1) is 11.2 Å². The smallest absolute Gasteiger partial charge is 0.0803 e. The maximum atomic E-state index is 10.4. The van der Waals surface area contributed by atoms with E-state index in [1.54, 1.807) is 12.2 Å². The fraction of sp³-hybridized carbons (Fsp3) is 0.889. The van der Waals surface area contributed by atoms with Crippen LogP contribution in [-0.4, -0.2) is 21.4 Å². The molecular weight excluding hydrogens is 248 g/mol. The van der Waals surface area contributed by atoms with Crippen molar-refractivity contribution >= 4 is 0 Å². The third-order valence-corrected chi connectivity index (χ3v) is 4.55. The Kier molecular flexibility index (Phi) is 7.48. The number of aliphatic hydroxyl groups is 2. The first kappa shape index (κ1) is 19.7. The molecule has 0 aliphatic rings. The first-order valence-corrected chi connectivity index (χ1v) is 8.01. The van der Waals surface area contributed by atoms with Crippen LogP contribution in [0.1, 0.15) is 68.2 Å². The molecule has 0 aliphatic heterocycles. The molecule has 0 fully saturated rings. The van der Waals surface area contributed by atoms with Crippen LogP contribution in [0.15, 0.2) is 12.2 Å². The zero-order valence-corrected chi connectivity index (χ0v) is 14.8. The minimum Gasteiger partial charge on any atom is -0.386 e. The lowest BCUT2D eigenvalue weighted by molar-refractivity contribution is 0.0594. The Morgan fingerprint density at radius 2 is 0.950 bits per heavy atom. The average molecular weight is 284 g/mol. The van der Waals surface area contributed by atoms with Gasteiger partial charge in [-0.3, -0.25) is 0 Å². The highest BCUT2D eigenvalue weighted by Crippen LogP contribution is 2.27. The molecule has 0 radical (unpaired) electrons. The molecule has 0 aliphatic carbocycles. The van der Waals surface area contributed by atoms with Gasteiger partial charge < -0.3 is 10.2 Å². The molecule has 0 aromatic rings. The van der Waals surface area contributed by atoms with E-state index >= 15 is 0 Å². The van der Waals surface area contributed by atoms with Gasteiger partial charge in [-0.15, -0.1) is 0 Å². The highest BCUT2D eigenvalue weighted by Gasteiger charge is 2.26. The van der Waals surface area contributed by atoms with Gasteiger partial charge in [0, 0.05) is 0 Å². The van der Waals surface area contributed by atoms with E-state index in [4.69, 9.17) is 0 Å². The van der Waals surface area contributed by atoms with E-state index in [9.17, 15) is 10.2 Å². The summed E-state index contributed by atoms with van der Waals surface area (Å²) >= 11 is 0. The lowest BCUT2D eigenvalue weighted by Crippen LogP contribution is -2.30. The van der Waals surface area contributed by atoms with Crippen LogP contribution in [0.4, 0.5) is 0 Å². The van der Waals surface area contributed by atoms with Crippen molar-refractivity contribution in [1.82, 2.24) is 0 Å². The van der Waals surface area contributed by atoms with Crippen molar-refractivity contribution in [2.45, 2.75) is 79.4 Å². The van der Waals surface area contributed by atoms with Gasteiger partial charge in [0.1, 0.15) is 0 Å². The Morgan fingerprint density at radius 1 is 0.700 bits per heavy atom. The molecule has 0 aromatic carbocycles. The summed E-state index contributed by atoms with van der Waals surface area (Å²) in [6.07, 6.45) is 4.99. The summed E-state index contributed by atoms with van der Waals surface area (Å²) in [4.78, 5) is 0. The molecule has 0 spiro atoms. The topological polar surface area (TPSA) is 40.5 Å². The Morgan fingerprint density at radius 3 is 1.15 bits per heavy atom. The lowest BCUT2D eigenvalue weighted by atomic mass is 9.83. The fourth-order valence-corrected chi connectivity index (χ4v) is 2.27. The fourth-order valence-electron chi connectivity index (χ4n) is 2.27. The van der Waals surface area contributed by atoms with Gasteiger partial charge >= 0.3 is 0 Å². The van der Waals surface area contributed by atoms with E-state index in [1.165, 1.54) is 0 Å². The Balaban J connectivity index is 4.65. The summed E-state index contributed by atoms with van der Waals surface area (Å²) in [5.74, 6) is 2.01. The maximum absolute atomic E-state index is 10.4. The number of hydrogen-bond donors (Lipinski definition) is 2. The predicted molar refractivity (Wildman–Crippen MR) is 87.6 cm³/mol. The van der Waals surface area contributed by atoms with E-state index < -0.39 is 11.2 Å². The summed E-state index contributed by atoms with van der Waals surface area (Å²) in [5, 5.41) is 20.9. The summed E-state index contributed by atoms with van der Waals surface area (Å²) in [6.45, 7) is 16.7. The molecule has 4 unspecified atom stereocenters. The van der Waals surface area contributed by atoms with E-state index in [-0.39, 0.29) is 0 Å². The van der Waals surface area contributed by atoms with Crippen molar-refractivity contribution < 1.29 is 10.2 Å². The molecule has 2 N–H and O–H groups in total. The SMILES string of the molecule is CC(C)C(C)CC(C)(O)C=CC(C)(O)CC(C)C(C)C. The molecule has 0 rings (SSSR count). The van der Waals surface area contributed by atoms with Crippen molar-refractivity contribution in [3.05, 3.63) is 12.2 Å². The minimum absolute atomic E-state index is 0.453. The second kappa shape index (κ2) is 7.61. The van der Waals surface area contributed by atoms with Crippen LogP contribution in [-0.2, 0) is 0 Å². The molecular formula is C18H36O2. The van der Waals surface area contributed by atoms with Gasteiger partial charge in [-0.1, -0.05) is 53.7 Å². The van der Waals surface area contributed by atoms with Crippen molar-refractivity contribution in [3.8, 4) is 0 Å². The van der Waals surface area contributed by atoms with Gasteiger partial charge in [-0.2, -0.15) is 0 Å². The standard InChI is InChI=1S/C18H36O2/c1-13(2)15(5)11-17(7,19)9-10-18(8,20)12-16(6)14(3)4/h9-10,13-16,19-20H,11-12H2,1-8H3. The van der Waals surface area contributed by atoms with Gasteiger partial charge in [0.15, 0.2) is 0 Å². The largest absolute Gasteiger partial charge is 0.386 e. The first-order valence-electron chi connectivity index (χ1n) is 8.01. The molecule has 2 nitrogen and oxygen atoms in total. The Labute approximate surface area is 126 Å². The molecule has 0 bridgehead atoms. The van der Waals surface area contributed by atoms with Crippen LogP contribution >= 0.6 is 0 Å². The molecule has 0 heterocycles. The van der Waals surface area contributed by atoms with E-state index in [0.717, 1.165) is 12.8 Å². The van der Waals surface area contributed by atoms with E-state index in [0.29, 0.717) is 23.7 Å². The van der Waals surface area contributed by atoms with Gasteiger partial charge in [0.2, 0.25) is 0 Å². The highest BCUT2D eigenvalue weighted by atomic mass is 16.3.